The second-order valence-electron chi connectivity index (χ2n) is 9.40. The van der Waals surface area contributed by atoms with Crippen molar-refractivity contribution in [3.05, 3.63) is 95.0 Å². The van der Waals surface area contributed by atoms with Crippen molar-refractivity contribution in [3.63, 3.8) is 0 Å². The van der Waals surface area contributed by atoms with Crippen LogP contribution in [0.15, 0.2) is 83.8 Å². The molecule has 3 rings (SSSR count). The average molecular weight is 556 g/mol. The summed E-state index contributed by atoms with van der Waals surface area (Å²) in [6.45, 7) is 7.16. The molecule has 1 N–H and O–H groups in total. The Bertz CT molecular complexity index is 1350. The van der Waals surface area contributed by atoms with Crippen molar-refractivity contribution >= 4 is 39.1 Å². The number of carbonyl (C=O) groups excluding carboxylic acids is 2. The van der Waals surface area contributed by atoms with E-state index in [-0.39, 0.29) is 23.4 Å². The van der Waals surface area contributed by atoms with E-state index in [2.05, 4.69) is 5.32 Å². The van der Waals surface area contributed by atoms with Gasteiger partial charge in [-0.15, -0.1) is 0 Å². The van der Waals surface area contributed by atoms with Gasteiger partial charge in [-0.05, 0) is 69.2 Å². The molecule has 0 aliphatic rings. The van der Waals surface area contributed by atoms with E-state index in [1.54, 1.807) is 42.5 Å². The van der Waals surface area contributed by atoms with E-state index < -0.39 is 28.5 Å². The number of amides is 2. The monoisotopic (exact) mass is 555 g/mol. The first kappa shape index (κ1) is 29.2. The van der Waals surface area contributed by atoms with E-state index in [1.165, 1.54) is 17.0 Å². The molecule has 38 heavy (non-hydrogen) atoms. The minimum atomic E-state index is -4.10. The molecule has 0 unspecified atom stereocenters. The van der Waals surface area contributed by atoms with Crippen LogP contribution in [0.3, 0.4) is 0 Å². The van der Waals surface area contributed by atoms with Crippen LogP contribution in [-0.4, -0.2) is 43.8 Å². The number of anilines is 1. The Balaban J connectivity index is 2.05. The number of aryl methyl sites for hydroxylation is 1. The van der Waals surface area contributed by atoms with Crippen LogP contribution in [0.4, 0.5) is 5.69 Å². The SMILES string of the molecule is CC[C@H](C(=O)NC(C)C)N(Cc1cccc(C)c1)C(=O)CN(c1ccc(Cl)cc1)S(=O)(=O)c1ccccc1. The molecule has 3 aromatic rings. The lowest BCUT2D eigenvalue weighted by molar-refractivity contribution is -0.140. The second-order valence-corrected chi connectivity index (χ2v) is 11.7. The third-order valence-corrected chi connectivity index (χ3v) is 8.02. The highest BCUT2D eigenvalue weighted by Gasteiger charge is 2.33. The summed E-state index contributed by atoms with van der Waals surface area (Å²) in [4.78, 5) is 28.6. The number of rotatable bonds is 11. The first-order valence-electron chi connectivity index (χ1n) is 12.5. The highest BCUT2D eigenvalue weighted by molar-refractivity contribution is 7.92. The van der Waals surface area contributed by atoms with Gasteiger partial charge in [0, 0.05) is 17.6 Å². The number of nitrogens with zero attached hydrogens (tertiary/aromatic N) is 2. The van der Waals surface area contributed by atoms with Crippen molar-refractivity contribution in [1.29, 1.82) is 0 Å². The van der Waals surface area contributed by atoms with Crippen LogP contribution in [-0.2, 0) is 26.2 Å². The number of halogens is 1. The van der Waals surface area contributed by atoms with E-state index >= 15 is 0 Å². The summed E-state index contributed by atoms with van der Waals surface area (Å²) in [5.74, 6) is -0.779. The topological polar surface area (TPSA) is 86.8 Å². The molecular formula is C29H34ClN3O4S. The molecule has 0 saturated heterocycles. The van der Waals surface area contributed by atoms with Gasteiger partial charge in [0.15, 0.2) is 0 Å². The second kappa shape index (κ2) is 12.9. The van der Waals surface area contributed by atoms with Crippen LogP contribution in [0.1, 0.15) is 38.3 Å². The van der Waals surface area contributed by atoms with E-state index in [4.69, 9.17) is 11.6 Å². The fourth-order valence-corrected chi connectivity index (χ4v) is 5.72. The molecule has 0 aromatic heterocycles. The number of hydrogen-bond donors (Lipinski definition) is 1. The van der Waals surface area contributed by atoms with Crippen molar-refractivity contribution in [2.45, 2.75) is 57.6 Å². The highest BCUT2D eigenvalue weighted by Crippen LogP contribution is 2.26. The maximum atomic E-state index is 14.0. The molecule has 0 aliphatic carbocycles. The fourth-order valence-electron chi connectivity index (χ4n) is 4.16. The van der Waals surface area contributed by atoms with E-state index in [1.807, 2.05) is 52.0 Å². The lowest BCUT2D eigenvalue weighted by Crippen LogP contribution is -2.53. The van der Waals surface area contributed by atoms with Crippen molar-refractivity contribution < 1.29 is 18.0 Å². The Hall–Kier alpha value is -3.36. The molecule has 0 fully saturated rings. The summed E-state index contributed by atoms with van der Waals surface area (Å²) in [5, 5.41) is 3.33. The first-order valence-corrected chi connectivity index (χ1v) is 14.3. The number of sulfonamides is 1. The van der Waals surface area contributed by atoms with Crippen LogP contribution in [0, 0.1) is 6.92 Å². The predicted octanol–water partition coefficient (Wildman–Crippen LogP) is 5.18. The summed E-state index contributed by atoms with van der Waals surface area (Å²) in [6, 6.07) is 21.0. The Labute approximate surface area is 230 Å². The molecule has 0 aliphatic heterocycles. The summed E-state index contributed by atoms with van der Waals surface area (Å²) >= 11 is 6.06. The van der Waals surface area contributed by atoms with Gasteiger partial charge in [0.2, 0.25) is 11.8 Å². The minimum Gasteiger partial charge on any atom is -0.352 e. The maximum Gasteiger partial charge on any atom is 0.264 e. The minimum absolute atomic E-state index is 0.0533. The van der Waals surface area contributed by atoms with Crippen molar-refractivity contribution in [2.75, 3.05) is 10.8 Å². The maximum absolute atomic E-state index is 14.0. The van der Waals surface area contributed by atoms with Crippen molar-refractivity contribution in [2.24, 2.45) is 0 Å². The fraction of sp³-hybridized carbons (Fsp3) is 0.310. The van der Waals surface area contributed by atoms with E-state index in [0.29, 0.717) is 17.1 Å². The third kappa shape index (κ3) is 7.36. The quantitative estimate of drug-likeness (QED) is 0.353. The first-order chi connectivity index (χ1) is 18.0. The molecule has 1 atom stereocenters. The molecule has 0 spiro atoms. The Kier molecular flexibility index (Phi) is 9.94. The third-order valence-electron chi connectivity index (χ3n) is 5.98. The molecule has 0 saturated carbocycles. The summed E-state index contributed by atoms with van der Waals surface area (Å²) < 4.78 is 28.5. The summed E-state index contributed by atoms with van der Waals surface area (Å²) in [5.41, 5.74) is 2.16. The zero-order valence-corrected chi connectivity index (χ0v) is 23.7. The van der Waals surface area contributed by atoms with Gasteiger partial charge in [-0.1, -0.05) is 66.6 Å². The van der Waals surface area contributed by atoms with E-state index in [0.717, 1.165) is 15.4 Å². The zero-order valence-electron chi connectivity index (χ0n) is 22.1. The predicted molar refractivity (Wildman–Crippen MR) is 152 cm³/mol. The lowest BCUT2D eigenvalue weighted by atomic mass is 10.1. The van der Waals surface area contributed by atoms with Gasteiger partial charge in [0.05, 0.1) is 10.6 Å². The number of benzene rings is 3. The smallest absolute Gasteiger partial charge is 0.264 e. The zero-order chi connectivity index (χ0) is 27.9. The van der Waals surface area contributed by atoms with Crippen LogP contribution in [0.25, 0.3) is 0 Å². The van der Waals surface area contributed by atoms with Gasteiger partial charge in [0.25, 0.3) is 10.0 Å². The molecule has 0 bridgehead atoms. The van der Waals surface area contributed by atoms with Crippen LogP contribution >= 0.6 is 11.6 Å². The standard InChI is InChI=1S/C29H34ClN3O4S/c1-5-27(29(35)31-21(2)3)32(19-23-11-9-10-22(4)18-23)28(34)20-33(25-16-14-24(30)15-17-25)38(36,37)26-12-7-6-8-13-26/h6-18,21,27H,5,19-20H2,1-4H3,(H,31,35)/t27-/m1/s1. The van der Waals surface area contributed by atoms with Crippen molar-refractivity contribution in [1.82, 2.24) is 10.2 Å². The van der Waals surface area contributed by atoms with Crippen LogP contribution in [0.5, 0.6) is 0 Å². The van der Waals surface area contributed by atoms with Gasteiger partial charge in [0.1, 0.15) is 12.6 Å². The van der Waals surface area contributed by atoms with Gasteiger partial charge >= 0.3 is 0 Å². The number of nitrogens with one attached hydrogen (secondary N) is 1. The van der Waals surface area contributed by atoms with Crippen molar-refractivity contribution in [3.8, 4) is 0 Å². The average Bonchev–Trinajstić information content (AvgIpc) is 2.87. The Morgan fingerprint density at radius 1 is 0.947 bits per heavy atom. The molecule has 2 amide bonds. The van der Waals surface area contributed by atoms with Gasteiger partial charge in [-0.2, -0.15) is 0 Å². The number of hydrogen-bond acceptors (Lipinski definition) is 4. The van der Waals surface area contributed by atoms with Crippen LogP contribution in [0.2, 0.25) is 5.02 Å². The van der Waals surface area contributed by atoms with Gasteiger partial charge in [-0.3, -0.25) is 13.9 Å². The van der Waals surface area contributed by atoms with Gasteiger partial charge < -0.3 is 10.2 Å². The summed E-state index contributed by atoms with van der Waals surface area (Å²) in [7, 11) is -4.10. The summed E-state index contributed by atoms with van der Waals surface area (Å²) in [6.07, 6.45) is 0.364. The molecule has 202 valence electrons. The van der Waals surface area contributed by atoms with E-state index in [9.17, 15) is 18.0 Å². The molecule has 3 aromatic carbocycles. The highest BCUT2D eigenvalue weighted by atomic mass is 35.5. The van der Waals surface area contributed by atoms with Gasteiger partial charge in [-0.25, -0.2) is 8.42 Å². The largest absolute Gasteiger partial charge is 0.352 e. The number of carbonyl (C=O) groups is 2. The molecular weight excluding hydrogens is 522 g/mol. The Morgan fingerprint density at radius 3 is 2.18 bits per heavy atom. The Morgan fingerprint density at radius 2 is 1.61 bits per heavy atom. The molecule has 9 heteroatoms. The van der Waals surface area contributed by atoms with Crippen LogP contribution < -0.4 is 9.62 Å². The molecule has 0 heterocycles. The molecule has 7 nitrogen and oxygen atoms in total. The normalized spacial score (nSPS) is 12.2. The molecule has 0 radical (unpaired) electrons. The lowest BCUT2D eigenvalue weighted by Gasteiger charge is -2.33.